The summed E-state index contributed by atoms with van der Waals surface area (Å²) in [6.07, 6.45) is -9.95. The van der Waals surface area contributed by atoms with E-state index in [1.54, 1.807) is 0 Å². The summed E-state index contributed by atoms with van der Waals surface area (Å²) in [5.74, 6) is -5.03. The molecular formula is C33H37NO14. The average Bonchev–Trinajstić information content (AvgIpc) is 3.33. The molecule has 1 aliphatic heterocycles. The second-order valence-electron chi connectivity index (χ2n) is 11.2. The van der Waals surface area contributed by atoms with Crippen LogP contribution in [0.1, 0.15) is 51.7 Å². The smallest absolute Gasteiger partial charge is 0.407 e. The molecule has 2 aliphatic rings. The average molecular weight is 672 g/mol. The predicted molar refractivity (Wildman–Crippen MR) is 162 cm³/mol. The predicted octanol–water partition coefficient (Wildman–Crippen LogP) is 2.47. The molecular weight excluding hydrogens is 634 g/mol. The number of rotatable bonds is 12. The molecule has 1 heterocycles. The maximum atomic E-state index is 13.0. The van der Waals surface area contributed by atoms with Gasteiger partial charge < -0.3 is 43.6 Å². The standard InChI is InChI=1S/C33H37NO14/c1-16(27(31(39)40)34-33(41)43-14-25-23-12-8-6-10-21(23)22-11-7-9-13-24(22)25)44-32-30(47-20(5)38)29(46-19(4)37)28(45-18(3)36)26(48-32)15-42-17(2)35/h6-13,16,25-30,32H,14-15H2,1-5H3,(H,34,41)(H,39,40)/t16-,26+,27+,28-,29+,30-,32-/m1/s1. The Bertz CT molecular complexity index is 1500. The molecule has 1 aliphatic carbocycles. The van der Waals surface area contributed by atoms with E-state index in [-0.39, 0.29) is 12.5 Å². The Kier molecular flexibility index (Phi) is 11.7. The van der Waals surface area contributed by atoms with Crippen molar-refractivity contribution in [2.75, 3.05) is 13.2 Å². The minimum Gasteiger partial charge on any atom is -0.480 e. The van der Waals surface area contributed by atoms with Crippen LogP contribution in [0.15, 0.2) is 48.5 Å². The van der Waals surface area contributed by atoms with Crippen LogP contribution >= 0.6 is 0 Å². The minimum atomic E-state index is -1.72. The number of hydrogen-bond acceptors (Lipinski definition) is 13. The first kappa shape index (κ1) is 35.8. The van der Waals surface area contributed by atoms with Crippen LogP contribution in [0, 0.1) is 0 Å². The van der Waals surface area contributed by atoms with Crippen molar-refractivity contribution in [1.29, 1.82) is 0 Å². The number of fused-ring (bicyclic) bond motifs is 3. The fourth-order valence-corrected chi connectivity index (χ4v) is 5.74. The summed E-state index contributed by atoms with van der Waals surface area (Å²) >= 11 is 0. The molecule has 0 spiro atoms. The fraction of sp³-hybridized carbons (Fsp3) is 0.455. The van der Waals surface area contributed by atoms with E-state index in [0.29, 0.717) is 0 Å². The van der Waals surface area contributed by atoms with E-state index in [0.717, 1.165) is 49.9 Å². The molecule has 2 aromatic carbocycles. The normalized spacial score (nSPS) is 22.6. The number of carboxylic acids is 1. The first-order valence-corrected chi connectivity index (χ1v) is 15.1. The Morgan fingerprint density at radius 1 is 0.729 bits per heavy atom. The lowest BCUT2D eigenvalue weighted by molar-refractivity contribution is -0.316. The second-order valence-corrected chi connectivity index (χ2v) is 11.2. The fourth-order valence-electron chi connectivity index (χ4n) is 5.74. The molecule has 15 heteroatoms. The zero-order valence-electron chi connectivity index (χ0n) is 26.9. The first-order valence-electron chi connectivity index (χ1n) is 15.1. The molecule has 0 aromatic heterocycles. The van der Waals surface area contributed by atoms with Crippen LogP contribution in [-0.2, 0) is 57.1 Å². The van der Waals surface area contributed by atoms with Crippen LogP contribution in [0.5, 0.6) is 0 Å². The van der Waals surface area contributed by atoms with E-state index < -0.39 is 85.4 Å². The van der Waals surface area contributed by atoms with Gasteiger partial charge in [-0.3, -0.25) is 19.2 Å². The molecule has 7 atom stereocenters. The lowest BCUT2D eigenvalue weighted by atomic mass is 9.98. The summed E-state index contributed by atoms with van der Waals surface area (Å²) in [6, 6.07) is 13.7. The summed E-state index contributed by atoms with van der Waals surface area (Å²) in [5.41, 5.74) is 3.94. The van der Waals surface area contributed by atoms with E-state index in [2.05, 4.69) is 5.32 Å². The number of carbonyl (C=O) groups excluding carboxylic acids is 5. The van der Waals surface area contributed by atoms with Gasteiger partial charge >= 0.3 is 35.9 Å². The first-order chi connectivity index (χ1) is 22.8. The van der Waals surface area contributed by atoms with Crippen LogP contribution < -0.4 is 5.32 Å². The molecule has 48 heavy (non-hydrogen) atoms. The van der Waals surface area contributed by atoms with Crippen molar-refractivity contribution in [3.8, 4) is 11.1 Å². The number of nitrogens with one attached hydrogen (secondary N) is 1. The number of alkyl carbamates (subject to hydrolysis) is 1. The molecule has 0 radical (unpaired) electrons. The lowest BCUT2D eigenvalue weighted by Crippen LogP contribution is -2.64. The van der Waals surface area contributed by atoms with Crippen LogP contribution in [0.25, 0.3) is 11.1 Å². The van der Waals surface area contributed by atoms with Gasteiger partial charge in [-0.15, -0.1) is 0 Å². The number of hydrogen-bond donors (Lipinski definition) is 2. The highest BCUT2D eigenvalue weighted by Crippen LogP contribution is 2.44. The van der Waals surface area contributed by atoms with Crippen molar-refractivity contribution >= 4 is 35.9 Å². The zero-order chi connectivity index (χ0) is 35.1. The maximum absolute atomic E-state index is 13.0. The van der Waals surface area contributed by atoms with Crippen LogP contribution in [0.2, 0.25) is 0 Å². The lowest BCUT2D eigenvalue weighted by Gasteiger charge is -2.44. The quantitative estimate of drug-likeness (QED) is 0.246. The molecule has 2 aromatic rings. The summed E-state index contributed by atoms with van der Waals surface area (Å²) in [7, 11) is 0. The van der Waals surface area contributed by atoms with E-state index in [4.69, 9.17) is 33.2 Å². The monoisotopic (exact) mass is 671 g/mol. The molecule has 15 nitrogen and oxygen atoms in total. The van der Waals surface area contributed by atoms with Gasteiger partial charge in [-0.05, 0) is 29.2 Å². The molecule has 4 rings (SSSR count). The van der Waals surface area contributed by atoms with E-state index in [1.165, 1.54) is 6.92 Å². The maximum Gasteiger partial charge on any atom is 0.407 e. The van der Waals surface area contributed by atoms with Gasteiger partial charge in [-0.2, -0.15) is 0 Å². The molecule has 1 saturated heterocycles. The SMILES string of the molecule is CC(=O)OC[C@@H]1O[C@@H](O[C@H](C)[C@H](NC(=O)OCC2c3ccccc3-c3ccccc32)C(=O)O)[C@H](OC(C)=O)[C@@H](OC(C)=O)[C@@H]1OC(C)=O. The molecule has 0 saturated carbocycles. The van der Waals surface area contributed by atoms with Crippen molar-refractivity contribution in [2.45, 2.75) is 83.4 Å². The third-order valence-electron chi connectivity index (χ3n) is 7.65. The molecule has 2 N–H and O–H groups in total. The van der Waals surface area contributed by atoms with Crippen molar-refractivity contribution in [3.05, 3.63) is 59.7 Å². The highest BCUT2D eigenvalue weighted by molar-refractivity contribution is 5.81. The number of carbonyl (C=O) groups is 6. The van der Waals surface area contributed by atoms with Crippen molar-refractivity contribution in [2.24, 2.45) is 0 Å². The molecule has 0 bridgehead atoms. The van der Waals surface area contributed by atoms with E-state index >= 15 is 0 Å². The van der Waals surface area contributed by atoms with Gasteiger partial charge in [0.1, 0.15) is 19.3 Å². The van der Waals surface area contributed by atoms with Crippen molar-refractivity contribution < 1.29 is 67.0 Å². The third kappa shape index (κ3) is 8.66. The summed E-state index contributed by atoms with van der Waals surface area (Å²) in [4.78, 5) is 73.0. The Hall–Kier alpha value is -5.02. The van der Waals surface area contributed by atoms with Gasteiger partial charge in [-0.1, -0.05) is 48.5 Å². The van der Waals surface area contributed by atoms with Gasteiger partial charge in [0.15, 0.2) is 30.6 Å². The molecule has 258 valence electrons. The summed E-state index contributed by atoms with van der Waals surface area (Å²) in [5, 5.41) is 12.3. The largest absolute Gasteiger partial charge is 0.480 e. The molecule has 1 fully saturated rings. The van der Waals surface area contributed by atoms with Gasteiger partial charge in [0.05, 0.1) is 6.10 Å². The number of benzene rings is 2. The number of carboxylic acid groups (broad SMARTS) is 1. The van der Waals surface area contributed by atoms with Crippen LogP contribution in [0.3, 0.4) is 0 Å². The Morgan fingerprint density at radius 3 is 1.77 bits per heavy atom. The molecule has 0 unspecified atom stereocenters. The second kappa shape index (κ2) is 15.7. The van der Waals surface area contributed by atoms with E-state index in [1.807, 2.05) is 48.5 Å². The minimum absolute atomic E-state index is 0.0822. The number of aliphatic carboxylic acids is 1. The number of amides is 1. The zero-order valence-corrected chi connectivity index (χ0v) is 26.9. The topological polar surface area (TPSA) is 199 Å². The number of ether oxygens (including phenoxy) is 7. The highest BCUT2D eigenvalue weighted by Gasteiger charge is 2.53. The van der Waals surface area contributed by atoms with Gasteiger partial charge in [-0.25, -0.2) is 9.59 Å². The van der Waals surface area contributed by atoms with Gasteiger partial charge in [0, 0.05) is 33.6 Å². The number of esters is 4. The third-order valence-corrected chi connectivity index (χ3v) is 7.65. The van der Waals surface area contributed by atoms with Crippen molar-refractivity contribution in [1.82, 2.24) is 5.32 Å². The van der Waals surface area contributed by atoms with Crippen molar-refractivity contribution in [3.63, 3.8) is 0 Å². The Balaban J connectivity index is 1.52. The van der Waals surface area contributed by atoms with Crippen LogP contribution in [0.4, 0.5) is 4.79 Å². The van der Waals surface area contributed by atoms with Crippen LogP contribution in [-0.4, -0.2) is 97.1 Å². The Morgan fingerprint density at radius 2 is 1.25 bits per heavy atom. The Labute approximate surface area is 275 Å². The summed E-state index contributed by atoms with van der Waals surface area (Å²) in [6.45, 7) is 5.02. The molecule has 1 amide bonds. The van der Waals surface area contributed by atoms with E-state index in [9.17, 15) is 33.9 Å². The van der Waals surface area contributed by atoms with Gasteiger partial charge in [0.2, 0.25) is 0 Å². The highest BCUT2D eigenvalue weighted by atomic mass is 16.7. The summed E-state index contributed by atoms with van der Waals surface area (Å²) < 4.78 is 38.3. The van der Waals surface area contributed by atoms with Gasteiger partial charge in [0.25, 0.3) is 0 Å².